The molecule has 0 aliphatic carbocycles. The predicted octanol–water partition coefficient (Wildman–Crippen LogP) is 7.15. The summed E-state index contributed by atoms with van der Waals surface area (Å²) in [5.41, 5.74) is 2.58. The summed E-state index contributed by atoms with van der Waals surface area (Å²) < 4.78 is 7.72. The number of halogens is 2. The quantitative estimate of drug-likeness (QED) is 0.168. The topological polar surface area (TPSA) is 43.4 Å². The SMILES string of the molecule is O=C(c1ccc(Oc2ccc(C(=O)c3ccccc3I)cc2)cc1)c1ccccc1I. The molecule has 0 fully saturated rings. The van der Waals surface area contributed by atoms with Crippen LogP contribution in [0.3, 0.4) is 0 Å². The van der Waals surface area contributed by atoms with Crippen molar-refractivity contribution in [2.24, 2.45) is 0 Å². The lowest BCUT2D eigenvalue weighted by atomic mass is 10.0. The average Bonchev–Trinajstić information content (AvgIpc) is 2.80. The van der Waals surface area contributed by atoms with Crippen LogP contribution < -0.4 is 4.74 Å². The summed E-state index contributed by atoms with van der Waals surface area (Å²) in [5.74, 6) is 1.21. The molecule has 0 radical (unpaired) electrons. The normalized spacial score (nSPS) is 10.5. The average molecular weight is 630 g/mol. The molecule has 0 bridgehead atoms. The lowest BCUT2D eigenvalue weighted by Gasteiger charge is -2.09. The summed E-state index contributed by atoms with van der Waals surface area (Å²) in [6.45, 7) is 0. The van der Waals surface area contributed by atoms with E-state index < -0.39 is 0 Å². The Morgan fingerprint density at radius 3 is 1.23 bits per heavy atom. The van der Waals surface area contributed by atoms with Crippen LogP contribution in [0.1, 0.15) is 31.8 Å². The zero-order valence-corrected chi connectivity index (χ0v) is 20.5. The van der Waals surface area contributed by atoms with Gasteiger partial charge in [0.1, 0.15) is 11.5 Å². The van der Waals surface area contributed by atoms with Crippen molar-refractivity contribution >= 4 is 56.7 Å². The molecule has 0 heterocycles. The molecule has 0 saturated carbocycles. The summed E-state index contributed by atoms with van der Waals surface area (Å²) in [5, 5.41) is 0. The third-order valence-corrected chi connectivity index (χ3v) is 6.59. The van der Waals surface area contributed by atoms with Crippen molar-refractivity contribution < 1.29 is 14.3 Å². The van der Waals surface area contributed by atoms with Gasteiger partial charge in [0, 0.05) is 29.4 Å². The number of hydrogen-bond donors (Lipinski definition) is 0. The first-order valence-corrected chi connectivity index (χ1v) is 11.6. The zero-order chi connectivity index (χ0) is 21.8. The summed E-state index contributed by atoms with van der Waals surface area (Å²) in [6.07, 6.45) is 0. The number of hydrogen-bond acceptors (Lipinski definition) is 3. The summed E-state index contributed by atoms with van der Waals surface area (Å²) in [4.78, 5) is 25.4. The molecule has 0 aliphatic heterocycles. The molecule has 152 valence electrons. The fourth-order valence-electron chi connectivity index (χ4n) is 3.09. The second-order valence-electron chi connectivity index (χ2n) is 6.77. The maximum Gasteiger partial charge on any atom is 0.194 e. The number of rotatable bonds is 6. The van der Waals surface area contributed by atoms with Gasteiger partial charge in [0.15, 0.2) is 11.6 Å². The second-order valence-corrected chi connectivity index (χ2v) is 9.09. The van der Waals surface area contributed by atoms with Crippen molar-refractivity contribution in [2.75, 3.05) is 0 Å². The van der Waals surface area contributed by atoms with Gasteiger partial charge < -0.3 is 4.74 Å². The van der Waals surface area contributed by atoms with Crippen LogP contribution in [0.4, 0.5) is 0 Å². The van der Waals surface area contributed by atoms with Gasteiger partial charge in [0.2, 0.25) is 0 Å². The molecule has 5 heteroatoms. The van der Waals surface area contributed by atoms with Crippen LogP contribution in [-0.2, 0) is 0 Å². The Balaban J connectivity index is 1.46. The minimum Gasteiger partial charge on any atom is -0.457 e. The summed E-state index contributed by atoms with van der Waals surface area (Å²) in [6, 6.07) is 29.2. The van der Waals surface area contributed by atoms with Crippen LogP contribution >= 0.6 is 45.2 Å². The van der Waals surface area contributed by atoms with Gasteiger partial charge in [-0.25, -0.2) is 0 Å². The molecule has 0 aromatic heterocycles. The van der Waals surface area contributed by atoms with E-state index in [4.69, 9.17) is 4.74 Å². The van der Waals surface area contributed by atoms with E-state index in [2.05, 4.69) is 45.2 Å². The Kier molecular flexibility index (Phi) is 6.82. The van der Waals surface area contributed by atoms with Gasteiger partial charge in [-0.15, -0.1) is 0 Å². The fourth-order valence-corrected chi connectivity index (χ4v) is 4.35. The molecule has 3 nitrogen and oxygen atoms in total. The highest BCUT2D eigenvalue weighted by atomic mass is 127. The Morgan fingerprint density at radius 1 is 0.516 bits per heavy atom. The molecule has 4 rings (SSSR count). The monoisotopic (exact) mass is 630 g/mol. The highest BCUT2D eigenvalue weighted by molar-refractivity contribution is 14.1. The van der Waals surface area contributed by atoms with E-state index in [0.29, 0.717) is 33.8 Å². The highest BCUT2D eigenvalue weighted by Gasteiger charge is 2.13. The van der Waals surface area contributed by atoms with Crippen molar-refractivity contribution in [3.05, 3.63) is 126 Å². The number of benzene rings is 4. The summed E-state index contributed by atoms with van der Waals surface area (Å²) in [7, 11) is 0. The van der Waals surface area contributed by atoms with E-state index in [1.165, 1.54) is 0 Å². The van der Waals surface area contributed by atoms with Gasteiger partial charge in [0.25, 0.3) is 0 Å². The molecule has 4 aromatic carbocycles. The number of ketones is 2. The Bertz CT molecular complexity index is 1150. The molecule has 0 amide bonds. The van der Waals surface area contributed by atoms with Crippen LogP contribution in [0.2, 0.25) is 0 Å². The zero-order valence-electron chi connectivity index (χ0n) is 16.2. The highest BCUT2D eigenvalue weighted by Crippen LogP contribution is 2.25. The first-order valence-electron chi connectivity index (χ1n) is 9.49. The van der Waals surface area contributed by atoms with Gasteiger partial charge in [-0.2, -0.15) is 0 Å². The maximum atomic E-state index is 12.7. The van der Waals surface area contributed by atoms with Crippen molar-refractivity contribution in [1.82, 2.24) is 0 Å². The second kappa shape index (κ2) is 9.74. The number of carbonyl (C=O) groups excluding carboxylic acids is 2. The van der Waals surface area contributed by atoms with Gasteiger partial charge in [0.05, 0.1) is 0 Å². The molecular formula is C26H16I2O3. The van der Waals surface area contributed by atoms with Crippen LogP contribution in [-0.4, -0.2) is 11.6 Å². The van der Waals surface area contributed by atoms with Gasteiger partial charge in [-0.3, -0.25) is 9.59 Å². The predicted molar refractivity (Wildman–Crippen MR) is 138 cm³/mol. The third kappa shape index (κ3) is 5.04. The fraction of sp³-hybridized carbons (Fsp3) is 0. The lowest BCUT2D eigenvalue weighted by Crippen LogP contribution is -2.03. The van der Waals surface area contributed by atoms with Crippen LogP contribution in [0.5, 0.6) is 11.5 Å². The van der Waals surface area contributed by atoms with Gasteiger partial charge in [-0.05, 0) is 118 Å². The number of ether oxygens (including phenoxy) is 1. The first kappa shape index (κ1) is 21.7. The van der Waals surface area contributed by atoms with E-state index in [0.717, 1.165) is 7.14 Å². The molecule has 0 aliphatic rings. The van der Waals surface area contributed by atoms with E-state index >= 15 is 0 Å². The Morgan fingerprint density at radius 2 is 0.871 bits per heavy atom. The van der Waals surface area contributed by atoms with Crippen LogP contribution in [0.15, 0.2) is 97.1 Å². The minimum atomic E-state index is -0.0186. The molecule has 0 spiro atoms. The lowest BCUT2D eigenvalue weighted by molar-refractivity contribution is 0.103. The number of carbonyl (C=O) groups is 2. The van der Waals surface area contributed by atoms with Crippen LogP contribution in [0, 0.1) is 7.14 Å². The van der Waals surface area contributed by atoms with E-state index in [1.54, 1.807) is 48.5 Å². The smallest absolute Gasteiger partial charge is 0.194 e. The van der Waals surface area contributed by atoms with E-state index in [1.807, 2.05) is 48.5 Å². The van der Waals surface area contributed by atoms with Crippen molar-refractivity contribution in [3.8, 4) is 11.5 Å². The van der Waals surface area contributed by atoms with Crippen molar-refractivity contribution in [1.29, 1.82) is 0 Å². The molecule has 31 heavy (non-hydrogen) atoms. The Labute approximate surface area is 207 Å². The molecule has 0 atom stereocenters. The molecule has 0 unspecified atom stereocenters. The molecule has 0 saturated heterocycles. The first-order chi connectivity index (χ1) is 15.0. The van der Waals surface area contributed by atoms with Crippen molar-refractivity contribution in [2.45, 2.75) is 0 Å². The maximum absolute atomic E-state index is 12.7. The molecule has 0 N–H and O–H groups in total. The van der Waals surface area contributed by atoms with E-state index in [9.17, 15) is 9.59 Å². The van der Waals surface area contributed by atoms with Crippen LogP contribution in [0.25, 0.3) is 0 Å². The standard InChI is InChI=1S/C26H16I2O3/c27-23-7-3-1-5-21(23)25(29)17-9-13-19(14-10-17)31-20-15-11-18(12-16-20)26(30)22-6-2-4-8-24(22)28/h1-16H. The Hall–Kier alpha value is -2.52. The van der Waals surface area contributed by atoms with Gasteiger partial charge in [-0.1, -0.05) is 24.3 Å². The summed E-state index contributed by atoms with van der Waals surface area (Å²) >= 11 is 4.33. The van der Waals surface area contributed by atoms with Crippen molar-refractivity contribution in [3.63, 3.8) is 0 Å². The van der Waals surface area contributed by atoms with E-state index in [-0.39, 0.29) is 11.6 Å². The minimum absolute atomic E-state index is 0.0186. The van der Waals surface area contributed by atoms with Gasteiger partial charge >= 0.3 is 0 Å². The third-order valence-electron chi connectivity index (χ3n) is 4.71. The largest absolute Gasteiger partial charge is 0.457 e. The molecular weight excluding hydrogens is 614 g/mol. The molecule has 4 aromatic rings.